The first-order valence-corrected chi connectivity index (χ1v) is 14.2. The highest BCUT2D eigenvalue weighted by atomic mass is 32.2. The number of carbonyl (C=O) groups excluding carboxylic acids is 2. The van der Waals surface area contributed by atoms with Crippen molar-refractivity contribution in [2.75, 3.05) is 17.1 Å². The van der Waals surface area contributed by atoms with Crippen molar-refractivity contribution in [3.8, 4) is 0 Å². The fourth-order valence-corrected chi connectivity index (χ4v) is 4.90. The molecule has 0 bridgehead atoms. The molecule has 0 heterocycles. The lowest BCUT2D eigenvalue weighted by molar-refractivity contribution is -0.140. The molecule has 2 amide bonds. The van der Waals surface area contributed by atoms with E-state index in [-0.39, 0.29) is 24.2 Å². The molecular weight excluding hydrogens is 524 g/mol. The standard InChI is InChI=1S/C29H33F2N3O4S/c1-29(2,3)32-28(36)26(17-21-11-6-5-7-12-21)33(19-22-13-8-9-16-25(22)31)27(35)20-34(39(4,37)38)24-15-10-14-23(30)18-24/h5-16,18,26H,17,19-20H2,1-4H3,(H,32,36)/t26-/m1/s1. The Kier molecular flexibility index (Phi) is 9.45. The summed E-state index contributed by atoms with van der Waals surface area (Å²) in [6.07, 6.45) is 1.00. The Hall–Kier alpha value is -3.79. The molecule has 0 radical (unpaired) electrons. The average molecular weight is 558 g/mol. The van der Waals surface area contributed by atoms with E-state index in [1.807, 2.05) is 6.07 Å². The van der Waals surface area contributed by atoms with Gasteiger partial charge in [-0.15, -0.1) is 0 Å². The molecule has 3 rings (SSSR count). The molecule has 208 valence electrons. The Bertz CT molecular complexity index is 1410. The molecule has 0 aliphatic carbocycles. The van der Waals surface area contributed by atoms with Crippen LogP contribution in [0.3, 0.4) is 0 Å². The predicted molar refractivity (Wildman–Crippen MR) is 147 cm³/mol. The number of halogens is 2. The van der Waals surface area contributed by atoms with E-state index >= 15 is 0 Å². The number of sulfonamides is 1. The third-order valence-electron chi connectivity index (χ3n) is 5.84. The summed E-state index contributed by atoms with van der Waals surface area (Å²) in [4.78, 5) is 28.7. The van der Waals surface area contributed by atoms with Gasteiger partial charge >= 0.3 is 0 Å². The minimum atomic E-state index is -4.03. The lowest BCUT2D eigenvalue weighted by Gasteiger charge is -2.35. The Morgan fingerprint density at radius 1 is 0.923 bits per heavy atom. The van der Waals surface area contributed by atoms with Gasteiger partial charge in [-0.1, -0.05) is 54.6 Å². The minimum absolute atomic E-state index is 0.0459. The third-order valence-corrected chi connectivity index (χ3v) is 6.98. The Morgan fingerprint density at radius 3 is 2.15 bits per heavy atom. The first-order chi connectivity index (χ1) is 18.2. The Balaban J connectivity index is 2.09. The molecule has 3 aromatic carbocycles. The van der Waals surface area contributed by atoms with Crippen molar-refractivity contribution in [1.82, 2.24) is 10.2 Å². The molecule has 0 aromatic heterocycles. The summed E-state index contributed by atoms with van der Waals surface area (Å²) < 4.78 is 54.9. The topological polar surface area (TPSA) is 86.8 Å². The van der Waals surface area contributed by atoms with Crippen LogP contribution in [0.15, 0.2) is 78.9 Å². The molecule has 1 N–H and O–H groups in total. The molecule has 0 aliphatic heterocycles. The van der Waals surface area contributed by atoms with Crippen LogP contribution >= 0.6 is 0 Å². The van der Waals surface area contributed by atoms with Gasteiger partial charge in [0.25, 0.3) is 0 Å². The van der Waals surface area contributed by atoms with Crippen LogP contribution < -0.4 is 9.62 Å². The number of hydrogen-bond acceptors (Lipinski definition) is 4. The van der Waals surface area contributed by atoms with Gasteiger partial charge in [-0.05, 0) is 50.6 Å². The molecule has 0 saturated carbocycles. The quantitative estimate of drug-likeness (QED) is 0.403. The van der Waals surface area contributed by atoms with Gasteiger partial charge in [-0.2, -0.15) is 0 Å². The van der Waals surface area contributed by atoms with Gasteiger partial charge in [0.2, 0.25) is 21.8 Å². The van der Waals surface area contributed by atoms with Crippen molar-refractivity contribution in [3.63, 3.8) is 0 Å². The van der Waals surface area contributed by atoms with Crippen LogP contribution in [0.1, 0.15) is 31.9 Å². The molecule has 0 aliphatic rings. The van der Waals surface area contributed by atoms with Crippen LogP contribution in [0.4, 0.5) is 14.5 Å². The largest absolute Gasteiger partial charge is 0.350 e. The molecule has 0 unspecified atom stereocenters. The molecule has 0 fully saturated rings. The van der Waals surface area contributed by atoms with E-state index in [9.17, 15) is 26.8 Å². The highest BCUT2D eigenvalue weighted by molar-refractivity contribution is 7.92. The Labute approximate surface area is 228 Å². The third kappa shape index (κ3) is 8.61. The zero-order valence-corrected chi connectivity index (χ0v) is 23.2. The van der Waals surface area contributed by atoms with Gasteiger partial charge in [0.1, 0.15) is 24.2 Å². The highest BCUT2D eigenvalue weighted by Crippen LogP contribution is 2.22. The summed E-state index contributed by atoms with van der Waals surface area (Å²) >= 11 is 0. The second kappa shape index (κ2) is 12.4. The van der Waals surface area contributed by atoms with Crippen molar-refractivity contribution in [2.45, 2.75) is 45.3 Å². The van der Waals surface area contributed by atoms with E-state index in [1.165, 1.54) is 35.2 Å². The summed E-state index contributed by atoms with van der Waals surface area (Å²) in [6, 6.07) is 18.6. The van der Waals surface area contributed by atoms with Crippen LogP contribution in [-0.2, 0) is 32.6 Å². The summed E-state index contributed by atoms with van der Waals surface area (Å²) in [7, 11) is -4.03. The molecule has 3 aromatic rings. The fourth-order valence-electron chi connectivity index (χ4n) is 4.06. The van der Waals surface area contributed by atoms with Crippen LogP contribution in [-0.4, -0.2) is 49.5 Å². The van der Waals surface area contributed by atoms with Crippen molar-refractivity contribution in [2.24, 2.45) is 0 Å². The highest BCUT2D eigenvalue weighted by Gasteiger charge is 2.34. The van der Waals surface area contributed by atoms with Crippen molar-refractivity contribution in [3.05, 3.63) is 102 Å². The maximum absolute atomic E-state index is 14.8. The van der Waals surface area contributed by atoms with Gasteiger partial charge in [0, 0.05) is 24.1 Å². The van der Waals surface area contributed by atoms with Crippen LogP contribution in [0.2, 0.25) is 0 Å². The number of hydrogen-bond donors (Lipinski definition) is 1. The lowest BCUT2D eigenvalue weighted by Crippen LogP contribution is -2.56. The van der Waals surface area contributed by atoms with E-state index in [2.05, 4.69) is 5.32 Å². The number of carbonyl (C=O) groups is 2. The van der Waals surface area contributed by atoms with Gasteiger partial charge < -0.3 is 10.2 Å². The van der Waals surface area contributed by atoms with E-state index in [0.717, 1.165) is 28.3 Å². The molecule has 0 spiro atoms. The van der Waals surface area contributed by atoms with Gasteiger partial charge in [0.15, 0.2) is 0 Å². The molecule has 39 heavy (non-hydrogen) atoms. The van der Waals surface area contributed by atoms with Crippen molar-refractivity contribution in [1.29, 1.82) is 0 Å². The monoisotopic (exact) mass is 557 g/mol. The van der Waals surface area contributed by atoms with Crippen LogP contribution in [0, 0.1) is 11.6 Å². The number of nitrogens with zero attached hydrogens (tertiary/aromatic N) is 2. The molecular formula is C29H33F2N3O4S. The second-order valence-corrected chi connectivity index (χ2v) is 12.2. The van der Waals surface area contributed by atoms with E-state index in [4.69, 9.17) is 0 Å². The normalized spacial score (nSPS) is 12.5. The lowest BCUT2D eigenvalue weighted by atomic mass is 10.0. The predicted octanol–water partition coefficient (Wildman–Crippen LogP) is 4.29. The van der Waals surface area contributed by atoms with Gasteiger partial charge in [-0.25, -0.2) is 17.2 Å². The molecule has 1 atom stereocenters. The van der Waals surface area contributed by atoms with Crippen LogP contribution in [0.25, 0.3) is 0 Å². The Morgan fingerprint density at radius 2 is 1.56 bits per heavy atom. The zero-order chi connectivity index (χ0) is 28.8. The number of amides is 2. The zero-order valence-electron chi connectivity index (χ0n) is 22.4. The summed E-state index contributed by atoms with van der Waals surface area (Å²) in [5, 5.41) is 2.89. The maximum Gasteiger partial charge on any atom is 0.244 e. The maximum atomic E-state index is 14.8. The second-order valence-electron chi connectivity index (χ2n) is 10.3. The van der Waals surface area contributed by atoms with Gasteiger partial charge in [0.05, 0.1) is 11.9 Å². The number of anilines is 1. The van der Waals surface area contributed by atoms with Gasteiger partial charge in [-0.3, -0.25) is 13.9 Å². The first-order valence-electron chi connectivity index (χ1n) is 12.4. The summed E-state index contributed by atoms with van der Waals surface area (Å²) in [5.41, 5.74) is 0.224. The summed E-state index contributed by atoms with van der Waals surface area (Å²) in [6.45, 7) is 4.38. The number of rotatable bonds is 10. The van der Waals surface area contributed by atoms with E-state index < -0.39 is 51.6 Å². The fraction of sp³-hybridized carbons (Fsp3) is 0.310. The SMILES string of the molecule is CC(C)(C)NC(=O)[C@@H](Cc1ccccc1)N(Cc1ccccc1F)C(=O)CN(c1cccc(F)c1)S(C)(=O)=O. The molecule has 7 nitrogen and oxygen atoms in total. The van der Waals surface area contributed by atoms with Crippen LogP contribution in [0.5, 0.6) is 0 Å². The van der Waals surface area contributed by atoms with Crippen molar-refractivity contribution < 1.29 is 26.8 Å². The first kappa shape index (κ1) is 29.8. The van der Waals surface area contributed by atoms with E-state index in [0.29, 0.717) is 0 Å². The van der Waals surface area contributed by atoms with Crippen molar-refractivity contribution >= 4 is 27.5 Å². The van der Waals surface area contributed by atoms with E-state index in [1.54, 1.807) is 51.1 Å². The summed E-state index contributed by atoms with van der Waals surface area (Å²) in [5.74, 6) is -2.48. The smallest absolute Gasteiger partial charge is 0.244 e. The minimum Gasteiger partial charge on any atom is -0.350 e. The average Bonchev–Trinajstić information content (AvgIpc) is 2.84. The number of benzene rings is 3. The molecule has 10 heteroatoms. The molecule has 0 saturated heterocycles. The number of nitrogens with one attached hydrogen (secondary N) is 1.